The van der Waals surface area contributed by atoms with Gasteiger partial charge in [-0.2, -0.15) is 5.10 Å². The molecule has 25 heavy (non-hydrogen) atoms. The van der Waals surface area contributed by atoms with E-state index >= 15 is 0 Å². The third-order valence-electron chi connectivity index (χ3n) is 3.85. The molecular formula is C19H17Cl2N3O. The van der Waals surface area contributed by atoms with Gasteiger partial charge < -0.3 is 4.90 Å². The summed E-state index contributed by atoms with van der Waals surface area (Å²) in [6, 6.07) is 15.4. The summed E-state index contributed by atoms with van der Waals surface area (Å²) in [7, 11) is 1.73. The van der Waals surface area contributed by atoms with Gasteiger partial charge in [-0.25, -0.2) is 0 Å². The molecule has 1 heterocycles. The van der Waals surface area contributed by atoms with Crippen molar-refractivity contribution in [3.8, 4) is 0 Å². The molecule has 0 fully saturated rings. The standard InChI is InChI=1S/C19H17Cl2N3O/c1-23(12-15-8-5-9-17(20)18(15)21)19(25)16-10-22-24(13-16)11-14-6-3-2-4-7-14/h2-10,13H,11-12H2,1H3. The zero-order valence-electron chi connectivity index (χ0n) is 13.7. The Bertz CT molecular complexity index is 877. The normalized spacial score (nSPS) is 10.7. The summed E-state index contributed by atoms with van der Waals surface area (Å²) in [5.41, 5.74) is 2.47. The average Bonchev–Trinajstić information content (AvgIpc) is 3.07. The van der Waals surface area contributed by atoms with Crippen molar-refractivity contribution in [3.63, 3.8) is 0 Å². The van der Waals surface area contributed by atoms with Gasteiger partial charge in [-0.1, -0.05) is 65.7 Å². The van der Waals surface area contributed by atoms with Crippen molar-refractivity contribution in [1.82, 2.24) is 14.7 Å². The first-order chi connectivity index (χ1) is 12.0. The number of carbonyl (C=O) groups excluding carboxylic acids is 1. The van der Waals surface area contributed by atoms with Crippen LogP contribution in [-0.2, 0) is 13.1 Å². The number of benzene rings is 2. The molecule has 0 aliphatic carbocycles. The van der Waals surface area contributed by atoms with Gasteiger partial charge in [0.25, 0.3) is 5.91 Å². The maximum absolute atomic E-state index is 12.6. The maximum Gasteiger partial charge on any atom is 0.257 e. The molecule has 0 saturated carbocycles. The predicted octanol–water partition coefficient (Wildman–Crippen LogP) is 4.51. The number of nitrogens with zero attached hydrogens (tertiary/aromatic N) is 3. The molecule has 4 nitrogen and oxygen atoms in total. The topological polar surface area (TPSA) is 38.1 Å². The van der Waals surface area contributed by atoms with E-state index in [2.05, 4.69) is 5.10 Å². The number of aromatic nitrogens is 2. The van der Waals surface area contributed by atoms with Gasteiger partial charge in [-0.05, 0) is 17.2 Å². The maximum atomic E-state index is 12.6. The lowest BCUT2D eigenvalue weighted by Crippen LogP contribution is -2.26. The van der Waals surface area contributed by atoms with Crippen molar-refractivity contribution in [3.05, 3.63) is 87.7 Å². The number of carbonyl (C=O) groups is 1. The van der Waals surface area contributed by atoms with Crippen LogP contribution in [-0.4, -0.2) is 27.6 Å². The van der Waals surface area contributed by atoms with Crippen molar-refractivity contribution < 1.29 is 4.79 Å². The minimum atomic E-state index is -0.115. The number of rotatable bonds is 5. The molecule has 2 aromatic carbocycles. The molecule has 0 unspecified atom stereocenters. The number of hydrogen-bond donors (Lipinski definition) is 0. The van der Waals surface area contributed by atoms with E-state index in [1.165, 1.54) is 0 Å². The van der Waals surface area contributed by atoms with Crippen LogP contribution in [0.1, 0.15) is 21.5 Å². The molecule has 0 saturated heterocycles. The summed E-state index contributed by atoms with van der Waals surface area (Å²) < 4.78 is 1.75. The highest BCUT2D eigenvalue weighted by atomic mass is 35.5. The van der Waals surface area contributed by atoms with E-state index in [4.69, 9.17) is 23.2 Å². The fourth-order valence-corrected chi connectivity index (χ4v) is 2.93. The van der Waals surface area contributed by atoms with Crippen LogP contribution in [0.5, 0.6) is 0 Å². The Labute approximate surface area is 156 Å². The SMILES string of the molecule is CN(Cc1cccc(Cl)c1Cl)C(=O)c1cnn(Cc2ccccc2)c1. The van der Waals surface area contributed by atoms with Gasteiger partial charge in [-0.15, -0.1) is 0 Å². The summed E-state index contributed by atoms with van der Waals surface area (Å²) in [4.78, 5) is 14.2. The minimum Gasteiger partial charge on any atom is -0.337 e. The van der Waals surface area contributed by atoms with Gasteiger partial charge in [0.05, 0.1) is 28.4 Å². The van der Waals surface area contributed by atoms with Gasteiger partial charge in [0.2, 0.25) is 0 Å². The molecule has 0 N–H and O–H groups in total. The summed E-state index contributed by atoms with van der Waals surface area (Å²) in [5.74, 6) is -0.115. The van der Waals surface area contributed by atoms with Crippen LogP contribution in [0.2, 0.25) is 10.0 Å². The lowest BCUT2D eigenvalue weighted by atomic mass is 10.2. The van der Waals surface area contributed by atoms with E-state index in [1.807, 2.05) is 42.5 Å². The molecule has 0 spiro atoms. The Morgan fingerprint density at radius 1 is 1.12 bits per heavy atom. The molecule has 6 heteroatoms. The van der Waals surface area contributed by atoms with Crippen molar-refractivity contribution in [2.75, 3.05) is 7.05 Å². The van der Waals surface area contributed by atoms with E-state index in [9.17, 15) is 4.79 Å². The molecule has 0 atom stereocenters. The largest absolute Gasteiger partial charge is 0.337 e. The summed E-state index contributed by atoms with van der Waals surface area (Å²) >= 11 is 12.2. The van der Waals surface area contributed by atoms with Crippen LogP contribution < -0.4 is 0 Å². The molecule has 0 aliphatic heterocycles. The highest BCUT2D eigenvalue weighted by Crippen LogP contribution is 2.26. The minimum absolute atomic E-state index is 0.115. The molecule has 0 radical (unpaired) electrons. The van der Waals surface area contributed by atoms with E-state index in [0.29, 0.717) is 28.7 Å². The second-order valence-electron chi connectivity index (χ2n) is 5.79. The monoisotopic (exact) mass is 373 g/mol. The second-order valence-corrected chi connectivity index (χ2v) is 6.57. The van der Waals surface area contributed by atoms with Crippen LogP contribution in [0.3, 0.4) is 0 Å². The molecule has 128 valence electrons. The summed E-state index contributed by atoms with van der Waals surface area (Å²) in [6.07, 6.45) is 3.34. The van der Waals surface area contributed by atoms with Gasteiger partial charge in [0, 0.05) is 19.8 Å². The highest BCUT2D eigenvalue weighted by molar-refractivity contribution is 6.42. The van der Waals surface area contributed by atoms with Crippen LogP contribution in [0.25, 0.3) is 0 Å². The van der Waals surface area contributed by atoms with Gasteiger partial charge >= 0.3 is 0 Å². The fraction of sp³-hybridized carbons (Fsp3) is 0.158. The van der Waals surface area contributed by atoms with E-state index < -0.39 is 0 Å². The Morgan fingerprint density at radius 3 is 2.64 bits per heavy atom. The Hall–Kier alpha value is -2.30. The molecule has 0 bridgehead atoms. The Balaban J connectivity index is 1.69. The summed E-state index contributed by atoms with van der Waals surface area (Å²) in [6.45, 7) is 1.00. The van der Waals surface area contributed by atoms with Gasteiger partial charge in [0.15, 0.2) is 0 Å². The Morgan fingerprint density at radius 2 is 1.88 bits per heavy atom. The van der Waals surface area contributed by atoms with Crippen LogP contribution in [0, 0.1) is 0 Å². The quantitative estimate of drug-likeness (QED) is 0.659. The van der Waals surface area contributed by atoms with Crippen LogP contribution in [0.4, 0.5) is 0 Å². The average molecular weight is 374 g/mol. The predicted molar refractivity (Wildman–Crippen MR) is 100 cm³/mol. The zero-order chi connectivity index (χ0) is 17.8. The second kappa shape index (κ2) is 7.72. The van der Waals surface area contributed by atoms with Crippen molar-refractivity contribution in [2.24, 2.45) is 0 Å². The van der Waals surface area contributed by atoms with Gasteiger partial charge in [0.1, 0.15) is 0 Å². The molecule has 3 aromatic rings. The van der Waals surface area contributed by atoms with Crippen molar-refractivity contribution in [2.45, 2.75) is 13.1 Å². The lowest BCUT2D eigenvalue weighted by molar-refractivity contribution is 0.0785. The number of amides is 1. The molecule has 1 aromatic heterocycles. The third-order valence-corrected chi connectivity index (χ3v) is 4.71. The number of halogens is 2. The summed E-state index contributed by atoms with van der Waals surface area (Å²) in [5, 5.41) is 5.23. The number of hydrogen-bond acceptors (Lipinski definition) is 2. The molecule has 3 rings (SSSR count). The highest BCUT2D eigenvalue weighted by Gasteiger charge is 2.16. The lowest BCUT2D eigenvalue weighted by Gasteiger charge is -2.17. The molecule has 0 aliphatic rings. The Kier molecular flexibility index (Phi) is 5.41. The fourth-order valence-electron chi connectivity index (χ4n) is 2.55. The van der Waals surface area contributed by atoms with E-state index in [0.717, 1.165) is 11.1 Å². The van der Waals surface area contributed by atoms with Gasteiger partial charge in [-0.3, -0.25) is 9.48 Å². The van der Waals surface area contributed by atoms with E-state index in [-0.39, 0.29) is 5.91 Å². The molecule has 1 amide bonds. The zero-order valence-corrected chi connectivity index (χ0v) is 15.2. The van der Waals surface area contributed by atoms with Crippen LogP contribution in [0.15, 0.2) is 60.9 Å². The van der Waals surface area contributed by atoms with E-state index in [1.54, 1.807) is 35.1 Å². The first kappa shape index (κ1) is 17.5. The van der Waals surface area contributed by atoms with Crippen molar-refractivity contribution in [1.29, 1.82) is 0 Å². The first-order valence-corrected chi connectivity index (χ1v) is 8.55. The van der Waals surface area contributed by atoms with Crippen LogP contribution >= 0.6 is 23.2 Å². The first-order valence-electron chi connectivity index (χ1n) is 7.79. The third kappa shape index (κ3) is 4.21. The smallest absolute Gasteiger partial charge is 0.257 e. The molecular weight excluding hydrogens is 357 g/mol. The van der Waals surface area contributed by atoms with Crippen molar-refractivity contribution >= 4 is 29.1 Å².